The van der Waals surface area contributed by atoms with Gasteiger partial charge in [-0.1, -0.05) is 16.8 Å². The molecule has 0 radical (unpaired) electrons. The molecule has 0 bridgehead atoms. The smallest absolute Gasteiger partial charge is 0.227 e. The van der Waals surface area contributed by atoms with Gasteiger partial charge in [0, 0.05) is 30.1 Å². The summed E-state index contributed by atoms with van der Waals surface area (Å²) in [7, 11) is 1.55. The molecule has 0 saturated carbocycles. The van der Waals surface area contributed by atoms with Gasteiger partial charge < -0.3 is 19.5 Å². The Labute approximate surface area is 181 Å². The first-order valence-electron chi connectivity index (χ1n) is 10.2. The molecule has 1 aromatic carbocycles. The van der Waals surface area contributed by atoms with Crippen LogP contribution in [0.25, 0.3) is 0 Å². The monoisotopic (exact) mass is 433 g/mol. The number of nitrogens with zero attached hydrogens (tertiary/aromatic N) is 2. The Morgan fingerprint density at radius 1 is 1.37 bits per heavy atom. The number of amides is 2. The number of methoxy groups -OCH3 is 1. The van der Waals surface area contributed by atoms with Crippen molar-refractivity contribution in [1.82, 2.24) is 10.1 Å². The molecule has 1 aliphatic heterocycles. The van der Waals surface area contributed by atoms with Crippen molar-refractivity contribution in [3.63, 3.8) is 0 Å². The summed E-state index contributed by atoms with van der Waals surface area (Å²) in [4.78, 5) is 27.1. The summed E-state index contributed by atoms with van der Waals surface area (Å²) >= 11 is 6.02. The summed E-state index contributed by atoms with van der Waals surface area (Å²) < 4.78 is 10.4. The molecule has 7 nitrogen and oxygen atoms in total. The largest absolute Gasteiger partial charge is 0.495 e. The van der Waals surface area contributed by atoms with Crippen molar-refractivity contribution in [2.45, 2.75) is 46.0 Å². The number of nitrogens with one attached hydrogen (secondary N) is 1. The molecular weight excluding hydrogens is 406 g/mol. The van der Waals surface area contributed by atoms with Crippen LogP contribution in [0.2, 0.25) is 5.02 Å². The summed E-state index contributed by atoms with van der Waals surface area (Å²) in [6.45, 7) is 5.11. The number of aromatic nitrogens is 1. The Morgan fingerprint density at radius 3 is 2.87 bits per heavy atom. The van der Waals surface area contributed by atoms with Crippen molar-refractivity contribution in [3.05, 3.63) is 40.2 Å². The Bertz CT molecular complexity index is 892. The van der Waals surface area contributed by atoms with Crippen LogP contribution in [-0.4, -0.2) is 42.1 Å². The predicted octanol–water partition coefficient (Wildman–Crippen LogP) is 4.15. The summed E-state index contributed by atoms with van der Waals surface area (Å²) in [5, 5.41) is 7.33. The highest BCUT2D eigenvalue weighted by molar-refractivity contribution is 6.31. The van der Waals surface area contributed by atoms with E-state index in [9.17, 15) is 9.59 Å². The highest BCUT2D eigenvalue weighted by Gasteiger charge is 2.25. The number of ether oxygens (including phenoxy) is 1. The standard InChI is InChI=1S/C22H28ClN3O4/c1-14-18(15(2)30-25-14)12-22(28)26-10-4-5-16(13-26)6-9-21(27)24-19-11-17(23)7-8-20(19)29-3/h7-8,11,16H,4-6,9-10,12-13H2,1-3H3,(H,24,27). The molecule has 1 N–H and O–H groups in total. The molecular formula is C22H28ClN3O4. The second kappa shape index (κ2) is 9.98. The number of carbonyl (C=O) groups excluding carboxylic acids is 2. The first kappa shape index (κ1) is 22.2. The lowest BCUT2D eigenvalue weighted by atomic mass is 9.92. The van der Waals surface area contributed by atoms with E-state index in [1.54, 1.807) is 25.3 Å². The Hall–Kier alpha value is -2.54. The number of anilines is 1. The van der Waals surface area contributed by atoms with Crippen molar-refractivity contribution in [2.75, 3.05) is 25.5 Å². The Balaban J connectivity index is 1.51. The minimum Gasteiger partial charge on any atom is -0.495 e. The zero-order chi connectivity index (χ0) is 21.7. The maximum Gasteiger partial charge on any atom is 0.227 e. The molecule has 1 aliphatic rings. The van der Waals surface area contributed by atoms with E-state index in [0.717, 1.165) is 37.1 Å². The maximum absolute atomic E-state index is 12.7. The minimum atomic E-state index is -0.0882. The van der Waals surface area contributed by atoms with Gasteiger partial charge in [-0.2, -0.15) is 0 Å². The third-order valence-electron chi connectivity index (χ3n) is 5.60. The molecule has 1 saturated heterocycles. The maximum atomic E-state index is 12.7. The summed E-state index contributed by atoms with van der Waals surface area (Å²) in [6, 6.07) is 5.11. The van der Waals surface area contributed by atoms with Crippen molar-refractivity contribution in [2.24, 2.45) is 5.92 Å². The molecule has 1 aromatic heterocycles. The van der Waals surface area contributed by atoms with E-state index < -0.39 is 0 Å². The third-order valence-corrected chi connectivity index (χ3v) is 5.83. The van der Waals surface area contributed by atoms with Crippen LogP contribution in [-0.2, 0) is 16.0 Å². The SMILES string of the molecule is COc1ccc(Cl)cc1NC(=O)CCC1CCCN(C(=O)Cc2c(C)noc2C)C1. The van der Waals surface area contributed by atoms with Crippen molar-refractivity contribution >= 4 is 29.1 Å². The lowest BCUT2D eigenvalue weighted by Gasteiger charge is -2.33. The van der Waals surface area contributed by atoms with Crippen LogP contribution in [0.3, 0.4) is 0 Å². The average molecular weight is 434 g/mol. The van der Waals surface area contributed by atoms with E-state index in [4.69, 9.17) is 20.9 Å². The van der Waals surface area contributed by atoms with Crippen LogP contribution in [0.4, 0.5) is 5.69 Å². The van der Waals surface area contributed by atoms with Gasteiger partial charge in [0.2, 0.25) is 11.8 Å². The van der Waals surface area contributed by atoms with Gasteiger partial charge in [0.25, 0.3) is 0 Å². The normalized spacial score (nSPS) is 16.4. The summed E-state index contributed by atoms with van der Waals surface area (Å²) in [5.74, 6) is 1.57. The highest BCUT2D eigenvalue weighted by atomic mass is 35.5. The first-order chi connectivity index (χ1) is 14.4. The number of aryl methyl sites for hydroxylation is 2. The molecule has 1 unspecified atom stereocenters. The zero-order valence-electron chi connectivity index (χ0n) is 17.7. The molecule has 1 atom stereocenters. The number of benzene rings is 1. The molecule has 2 heterocycles. The van der Waals surface area contributed by atoms with Gasteiger partial charge in [-0.15, -0.1) is 0 Å². The summed E-state index contributed by atoms with van der Waals surface area (Å²) in [5.41, 5.74) is 2.20. The molecule has 162 valence electrons. The lowest BCUT2D eigenvalue weighted by molar-refractivity contribution is -0.132. The fraction of sp³-hybridized carbons (Fsp3) is 0.500. The van der Waals surface area contributed by atoms with Gasteiger partial charge in [0.05, 0.1) is 24.9 Å². The molecule has 2 aromatic rings. The van der Waals surface area contributed by atoms with Crippen molar-refractivity contribution < 1.29 is 18.8 Å². The van der Waals surface area contributed by atoms with E-state index >= 15 is 0 Å². The fourth-order valence-corrected chi connectivity index (χ4v) is 4.04. The van der Waals surface area contributed by atoms with Crippen molar-refractivity contribution in [1.29, 1.82) is 0 Å². The Morgan fingerprint density at radius 2 is 2.17 bits per heavy atom. The second-order valence-corrected chi connectivity index (χ2v) is 8.20. The number of hydrogen-bond donors (Lipinski definition) is 1. The predicted molar refractivity (Wildman–Crippen MR) is 115 cm³/mol. The average Bonchev–Trinajstić information content (AvgIpc) is 3.04. The fourth-order valence-electron chi connectivity index (χ4n) is 3.87. The molecule has 1 fully saturated rings. The molecule has 2 amide bonds. The number of hydrogen-bond acceptors (Lipinski definition) is 5. The van der Waals surface area contributed by atoms with E-state index in [0.29, 0.717) is 47.5 Å². The van der Waals surface area contributed by atoms with Gasteiger partial charge in [-0.25, -0.2) is 0 Å². The zero-order valence-corrected chi connectivity index (χ0v) is 18.4. The second-order valence-electron chi connectivity index (χ2n) is 7.76. The number of carbonyl (C=O) groups is 2. The summed E-state index contributed by atoms with van der Waals surface area (Å²) in [6.07, 6.45) is 3.38. The van der Waals surface area contributed by atoms with E-state index in [1.807, 2.05) is 18.7 Å². The van der Waals surface area contributed by atoms with Gasteiger partial charge >= 0.3 is 0 Å². The highest BCUT2D eigenvalue weighted by Crippen LogP contribution is 2.28. The van der Waals surface area contributed by atoms with Crippen LogP contribution in [0.5, 0.6) is 5.75 Å². The van der Waals surface area contributed by atoms with Crippen LogP contribution >= 0.6 is 11.6 Å². The minimum absolute atomic E-state index is 0.0854. The van der Waals surface area contributed by atoms with Gasteiger partial charge in [0.15, 0.2) is 0 Å². The number of rotatable bonds is 7. The van der Waals surface area contributed by atoms with Crippen LogP contribution in [0.1, 0.15) is 42.7 Å². The molecule has 0 aliphatic carbocycles. The first-order valence-corrected chi connectivity index (χ1v) is 10.6. The van der Waals surface area contributed by atoms with E-state index in [2.05, 4.69) is 10.5 Å². The van der Waals surface area contributed by atoms with Crippen molar-refractivity contribution in [3.8, 4) is 5.75 Å². The lowest BCUT2D eigenvalue weighted by Crippen LogP contribution is -2.41. The number of likely N-dealkylation sites (tertiary alicyclic amines) is 1. The van der Waals surface area contributed by atoms with Gasteiger partial charge in [0.1, 0.15) is 11.5 Å². The number of halogens is 1. The number of piperidine rings is 1. The third kappa shape index (κ3) is 5.53. The van der Waals surface area contributed by atoms with Crippen LogP contribution < -0.4 is 10.1 Å². The van der Waals surface area contributed by atoms with Crippen LogP contribution in [0, 0.1) is 19.8 Å². The van der Waals surface area contributed by atoms with Gasteiger partial charge in [-0.05, 0) is 57.2 Å². The molecule has 0 spiro atoms. The van der Waals surface area contributed by atoms with E-state index in [1.165, 1.54) is 0 Å². The van der Waals surface area contributed by atoms with Gasteiger partial charge in [-0.3, -0.25) is 9.59 Å². The quantitative estimate of drug-likeness (QED) is 0.708. The van der Waals surface area contributed by atoms with Crippen LogP contribution in [0.15, 0.2) is 22.7 Å². The Kier molecular flexibility index (Phi) is 7.37. The van der Waals surface area contributed by atoms with E-state index in [-0.39, 0.29) is 11.8 Å². The molecule has 8 heteroatoms. The molecule has 30 heavy (non-hydrogen) atoms. The molecule has 3 rings (SSSR count). The topological polar surface area (TPSA) is 84.7 Å².